The molecule has 4 rings (SSSR count). The van der Waals surface area contributed by atoms with E-state index in [0.717, 1.165) is 6.42 Å². The fourth-order valence-electron chi connectivity index (χ4n) is 4.13. The number of aliphatic hydroxyl groups excluding tert-OH is 1. The molecule has 0 spiro atoms. The van der Waals surface area contributed by atoms with Gasteiger partial charge in [0.15, 0.2) is 0 Å². The first-order valence-electron chi connectivity index (χ1n) is 12.0. The summed E-state index contributed by atoms with van der Waals surface area (Å²) in [7, 11) is 0. The van der Waals surface area contributed by atoms with Gasteiger partial charge in [0, 0.05) is 11.3 Å². The molecule has 1 atom stereocenters. The number of amides is 1. The van der Waals surface area contributed by atoms with Crippen LogP contribution in [0.4, 0.5) is 5.69 Å². The third-order valence-electron chi connectivity index (χ3n) is 5.91. The molecule has 1 saturated heterocycles. The van der Waals surface area contributed by atoms with Crippen LogP contribution < -0.4 is 9.64 Å². The van der Waals surface area contributed by atoms with Crippen molar-refractivity contribution < 1.29 is 34.1 Å². The smallest absolute Gasteiger partial charge is 0.338 e. The van der Waals surface area contributed by atoms with Gasteiger partial charge in [0.05, 0.1) is 30.4 Å². The van der Waals surface area contributed by atoms with Gasteiger partial charge in [-0.3, -0.25) is 14.5 Å². The number of carbonyl (C=O) groups is 3. The maximum Gasteiger partial charge on any atom is 0.338 e. The molecule has 8 heteroatoms. The number of aliphatic hydroxyl groups is 1. The molecule has 0 aliphatic carbocycles. The van der Waals surface area contributed by atoms with Crippen molar-refractivity contribution >= 4 is 29.1 Å². The van der Waals surface area contributed by atoms with E-state index in [4.69, 9.17) is 9.47 Å². The van der Waals surface area contributed by atoms with E-state index in [1.54, 1.807) is 55.5 Å². The molecule has 8 nitrogen and oxygen atoms in total. The van der Waals surface area contributed by atoms with Gasteiger partial charge in [-0.25, -0.2) is 4.79 Å². The highest BCUT2D eigenvalue weighted by Gasteiger charge is 2.47. The van der Waals surface area contributed by atoms with Crippen LogP contribution in [0.3, 0.4) is 0 Å². The summed E-state index contributed by atoms with van der Waals surface area (Å²) in [6.45, 7) is 4.47. The summed E-state index contributed by atoms with van der Waals surface area (Å²) in [6.07, 6.45) is 0.846. The van der Waals surface area contributed by atoms with Gasteiger partial charge in [-0.1, -0.05) is 19.1 Å². The Morgan fingerprint density at radius 2 is 1.51 bits per heavy atom. The van der Waals surface area contributed by atoms with Crippen LogP contribution in [0.15, 0.2) is 78.4 Å². The maximum atomic E-state index is 13.3. The lowest BCUT2D eigenvalue weighted by atomic mass is 9.95. The first-order valence-corrected chi connectivity index (χ1v) is 12.0. The predicted molar refractivity (Wildman–Crippen MR) is 138 cm³/mol. The summed E-state index contributed by atoms with van der Waals surface area (Å²) in [6, 6.07) is 17.8. The van der Waals surface area contributed by atoms with Gasteiger partial charge in [0.1, 0.15) is 17.3 Å². The van der Waals surface area contributed by atoms with E-state index in [2.05, 4.69) is 0 Å². The Labute approximate surface area is 214 Å². The Morgan fingerprint density at radius 1 is 0.892 bits per heavy atom. The van der Waals surface area contributed by atoms with Crippen molar-refractivity contribution in [3.63, 3.8) is 0 Å². The lowest BCUT2D eigenvalue weighted by Crippen LogP contribution is -2.29. The topological polar surface area (TPSA) is 113 Å². The summed E-state index contributed by atoms with van der Waals surface area (Å²) >= 11 is 0. The molecule has 2 N–H and O–H groups in total. The van der Waals surface area contributed by atoms with Gasteiger partial charge in [-0.05, 0) is 79.6 Å². The number of phenols is 1. The van der Waals surface area contributed by atoms with Gasteiger partial charge in [0.25, 0.3) is 11.7 Å². The molecule has 1 heterocycles. The van der Waals surface area contributed by atoms with Crippen LogP contribution in [0.2, 0.25) is 0 Å². The SMILES string of the molecule is CCCOc1ccc(/C(O)=C2\C(=O)C(=O)N(c3ccc(C(=O)OCC)cc3)C2c2ccc(O)cc2)cc1. The van der Waals surface area contributed by atoms with Crippen LogP contribution in [-0.2, 0) is 14.3 Å². The number of benzene rings is 3. The number of Topliss-reactive ketones (excluding diaryl/α,β-unsaturated/α-hetero) is 1. The second kappa shape index (κ2) is 11.0. The molecule has 1 unspecified atom stereocenters. The molecule has 3 aromatic carbocycles. The zero-order valence-electron chi connectivity index (χ0n) is 20.5. The van der Waals surface area contributed by atoms with E-state index in [1.165, 1.54) is 29.2 Å². The monoisotopic (exact) mass is 501 g/mol. The first kappa shape index (κ1) is 25.5. The molecule has 1 aliphatic heterocycles. The summed E-state index contributed by atoms with van der Waals surface area (Å²) in [4.78, 5) is 39.9. The molecule has 190 valence electrons. The van der Waals surface area contributed by atoms with E-state index < -0.39 is 23.7 Å². The number of rotatable bonds is 8. The number of esters is 1. The molecular weight excluding hydrogens is 474 g/mol. The average Bonchev–Trinajstić information content (AvgIpc) is 3.18. The van der Waals surface area contributed by atoms with E-state index in [9.17, 15) is 24.6 Å². The van der Waals surface area contributed by atoms with Crippen LogP contribution in [0, 0.1) is 0 Å². The van der Waals surface area contributed by atoms with Crippen molar-refractivity contribution in [1.82, 2.24) is 0 Å². The Morgan fingerprint density at radius 3 is 2.11 bits per heavy atom. The number of hydrogen-bond acceptors (Lipinski definition) is 7. The van der Waals surface area contributed by atoms with Crippen molar-refractivity contribution in [3.8, 4) is 11.5 Å². The van der Waals surface area contributed by atoms with Crippen LogP contribution in [-0.4, -0.2) is 41.1 Å². The molecule has 3 aromatic rings. The Hall–Kier alpha value is -4.59. The van der Waals surface area contributed by atoms with Crippen molar-refractivity contribution in [2.24, 2.45) is 0 Å². The van der Waals surface area contributed by atoms with Crippen LogP contribution in [0.1, 0.15) is 47.8 Å². The lowest BCUT2D eigenvalue weighted by molar-refractivity contribution is -0.132. The van der Waals surface area contributed by atoms with E-state index in [-0.39, 0.29) is 23.7 Å². The van der Waals surface area contributed by atoms with Crippen molar-refractivity contribution in [3.05, 3.63) is 95.1 Å². The average molecular weight is 502 g/mol. The predicted octanol–water partition coefficient (Wildman–Crippen LogP) is 4.98. The number of carbonyl (C=O) groups excluding carboxylic acids is 3. The van der Waals surface area contributed by atoms with Crippen molar-refractivity contribution in [2.75, 3.05) is 18.1 Å². The molecule has 0 bridgehead atoms. The molecule has 1 fully saturated rings. The minimum atomic E-state index is -0.968. The van der Waals surface area contributed by atoms with Gasteiger partial charge in [0.2, 0.25) is 0 Å². The zero-order chi connectivity index (χ0) is 26.5. The first-order chi connectivity index (χ1) is 17.8. The molecule has 37 heavy (non-hydrogen) atoms. The zero-order valence-corrected chi connectivity index (χ0v) is 20.5. The van der Waals surface area contributed by atoms with Crippen LogP contribution in [0.5, 0.6) is 11.5 Å². The second-order valence-corrected chi connectivity index (χ2v) is 8.40. The number of aromatic hydroxyl groups is 1. The van der Waals surface area contributed by atoms with E-state index in [1.807, 2.05) is 6.92 Å². The Balaban J connectivity index is 1.80. The molecular formula is C29H27NO7. The van der Waals surface area contributed by atoms with E-state index in [0.29, 0.717) is 34.7 Å². The standard InChI is InChI=1S/C29H27NO7/c1-3-17-37-23-15-9-19(10-16-23)26(32)24-25(18-7-13-22(31)14-8-18)30(28(34)27(24)33)21-11-5-20(6-12-21)29(35)36-4-2/h5-16,25,31-32H,3-4,17H2,1-2H3/b26-24+. The third kappa shape index (κ3) is 5.18. The van der Waals surface area contributed by atoms with Crippen LogP contribution >= 0.6 is 0 Å². The normalized spacial score (nSPS) is 16.6. The molecule has 0 aromatic heterocycles. The number of hydrogen-bond donors (Lipinski definition) is 2. The number of ketones is 1. The van der Waals surface area contributed by atoms with Gasteiger partial charge in [-0.2, -0.15) is 0 Å². The number of ether oxygens (including phenoxy) is 2. The largest absolute Gasteiger partial charge is 0.508 e. The maximum absolute atomic E-state index is 13.3. The highest BCUT2D eigenvalue weighted by Crippen LogP contribution is 2.42. The Kier molecular flexibility index (Phi) is 7.57. The minimum Gasteiger partial charge on any atom is -0.508 e. The van der Waals surface area contributed by atoms with Gasteiger partial charge < -0.3 is 19.7 Å². The highest BCUT2D eigenvalue weighted by atomic mass is 16.5. The van der Waals surface area contributed by atoms with Gasteiger partial charge in [-0.15, -0.1) is 0 Å². The summed E-state index contributed by atoms with van der Waals surface area (Å²) in [5.74, 6) is -1.87. The molecule has 0 radical (unpaired) electrons. The van der Waals surface area contributed by atoms with E-state index >= 15 is 0 Å². The molecule has 0 saturated carbocycles. The number of nitrogens with zero attached hydrogens (tertiary/aromatic N) is 1. The fourth-order valence-corrected chi connectivity index (χ4v) is 4.13. The third-order valence-corrected chi connectivity index (χ3v) is 5.91. The Bertz CT molecular complexity index is 1330. The van der Waals surface area contributed by atoms with Crippen molar-refractivity contribution in [1.29, 1.82) is 0 Å². The molecule has 1 aliphatic rings. The quantitative estimate of drug-likeness (QED) is 0.194. The summed E-state index contributed by atoms with van der Waals surface area (Å²) in [5.41, 5.74) is 1.43. The van der Waals surface area contributed by atoms with Crippen LogP contribution in [0.25, 0.3) is 5.76 Å². The van der Waals surface area contributed by atoms with Gasteiger partial charge >= 0.3 is 5.97 Å². The lowest BCUT2D eigenvalue weighted by Gasteiger charge is -2.25. The summed E-state index contributed by atoms with van der Waals surface area (Å²) in [5, 5.41) is 21.0. The van der Waals surface area contributed by atoms with Crippen molar-refractivity contribution in [2.45, 2.75) is 26.3 Å². The minimum absolute atomic E-state index is 0.0159. The number of anilines is 1. The fraction of sp³-hybridized carbons (Fsp3) is 0.207. The number of phenolic OH excluding ortho intramolecular Hbond substituents is 1. The highest BCUT2D eigenvalue weighted by molar-refractivity contribution is 6.51. The summed E-state index contributed by atoms with van der Waals surface area (Å²) < 4.78 is 10.6. The molecule has 1 amide bonds. The second-order valence-electron chi connectivity index (χ2n) is 8.40.